The fourth-order valence-electron chi connectivity index (χ4n) is 2.31. The zero-order valence-electron chi connectivity index (χ0n) is 10.0. The molecule has 0 amide bonds. The van der Waals surface area contributed by atoms with Crippen molar-refractivity contribution in [2.24, 2.45) is 5.41 Å². The molecule has 0 heterocycles. The van der Waals surface area contributed by atoms with E-state index in [1.165, 1.54) is 31.4 Å². The molecule has 1 saturated carbocycles. The van der Waals surface area contributed by atoms with E-state index in [1.807, 2.05) is 0 Å². The molecule has 1 aliphatic carbocycles. The Hall–Kier alpha value is -1.36. The van der Waals surface area contributed by atoms with Gasteiger partial charge in [-0.25, -0.2) is 8.78 Å². The highest BCUT2D eigenvalue weighted by atomic mass is 19.1. The Morgan fingerprint density at radius 1 is 1.00 bits per heavy atom. The number of benzene rings is 1. The van der Waals surface area contributed by atoms with E-state index in [9.17, 15) is 8.78 Å². The molecule has 1 aliphatic rings. The Labute approximate surface area is 101 Å². The summed E-state index contributed by atoms with van der Waals surface area (Å²) in [5.41, 5.74) is 0.440. The molecule has 1 fully saturated rings. The van der Waals surface area contributed by atoms with Crippen LogP contribution in [0.5, 0.6) is 0 Å². The number of rotatable bonds is 0. The molecule has 90 valence electrons. The second-order valence-corrected chi connectivity index (χ2v) is 5.03. The quantitative estimate of drug-likeness (QED) is 0.587. The zero-order valence-corrected chi connectivity index (χ0v) is 10.0. The Kier molecular flexibility index (Phi) is 3.47. The summed E-state index contributed by atoms with van der Waals surface area (Å²) in [6.45, 7) is 2.13. The first-order chi connectivity index (χ1) is 8.07. The second-order valence-electron chi connectivity index (χ2n) is 5.03. The lowest BCUT2D eigenvalue weighted by Crippen LogP contribution is -2.17. The van der Waals surface area contributed by atoms with Crippen molar-refractivity contribution in [1.29, 1.82) is 0 Å². The molecule has 0 aromatic heterocycles. The van der Waals surface area contributed by atoms with Crippen molar-refractivity contribution in [2.45, 2.75) is 39.0 Å². The summed E-state index contributed by atoms with van der Waals surface area (Å²) in [5, 5.41) is 0. The molecule has 2 rings (SSSR count). The average Bonchev–Trinajstić information content (AvgIpc) is 2.26. The minimum Gasteiger partial charge on any atom is -0.207 e. The largest absolute Gasteiger partial charge is 0.207 e. The summed E-state index contributed by atoms with van der Waals surface area (Å²) < 4.78 is 26.0. The lowest BCUT2D eigenvalue weighted by Gasteiger charge is -2.27. The van der Waals surface area contributed by atoms with Gasteiger partial charge in [0.25, 0.3) is 0 Å². The molecule has 0 spiro atoms. The van der Waals surface area contributed by atoms with Gasteiger partial charge in [-0.15, -0.1) is 0 Å². The third kappa shape index (κ3) is 3.30. The van der Waals surface area contributed by atoms with Gasteiger partial charge >= 0.3 is 0 Å². The SMILES string of the molecule is CC1(C#Cc2cc(F)cc(F)c2)CCCCC1. The molecule has 0 bridgehead atoms. The molecule has 1 aromatic carbocycles. The first-order valence-corrected chi connectivity index (χ1v) is 6.07. The van der Waals surface area contributed by atoms with E-state index in [2.05, 4.69) is 18.8 Å². The van der Waals surface area contributed by atoms with Gasteiger partial charge in [-0.05, 0) is 31.9 Å². The van der Waals surface area contributed by atoms with Crippen LogP contribution in [0, 0.1) is 28.9 Å². The van der Waals surface area contributed by atoms with Crippen LogP contribution in [-0.2, 0) is 0 Å². The van der Waals surface area contributed by atoms with Gasteiger partial charge in [0.1, 0.15) is 11.6 Å². The average molecular weight is 234 g/mol. The van der Waals surface area contributed by atoms with Crippen LogP contribution in [0.1, 0.15) is 44.6 Å². The highest BCUT2D eigenvalue weighted by Gasteiger charge is 2.24. The predicted octanol–water partition coefficient (Wildman–Crippen LogP) is 4.29. The van der Waals surface area contributed by atoms with E-state index < -0.39 is 11.6 Å². The monoisotopic (exact) mass is 234 g/mol. The topological polar surface area (TPSA) is 0 Å². The summed E-state index contributed by atoms with van der Waals surface area (Å²) in [5.74, 6) is 4.96. The number of hydrogen-bond acceptors (Lipinski definition) is 0. The maximum Gasteiger partial charge on any atom is 0.127 e. The molecule has 2 heteroatoms. The van der Waals surface area contributed by atoms with Crippen molar-refractivity contribution in [3.8, 4) is 11.8 Å². The first-order valence-electron chi connectivity index (χ1n) is 6.07. The van der Waals surface area contributed by atoms with Gasteiger partial charge in [-0.3, -0.25) is 0 Å². The lowest BCUT2D eigenvalue weighted by atomic mass is 9.76. The maximum absolute atomic E-state index is 13.0. The van der Waals surface area contributed by atoms with Crippen LogP contribution in [0.4, 0.5) is 8.78 Å². The Morgan fingerprint density at radius 3 is 2.18 bits per heavy atom. The van der Waals surface area contributed by atoms with Gasteiger partial charge in [0, 0.05) is 17.0 Å². The van der Waals surface area contributed by atoms with Gasteiger partial charge in [0.05, 0.1) is 0 Å². The number of hydrogen-bond donors (Lipinski definition) is 0. The fourth-order valence-corrected chi connectivity index (χ4v) is 2.31. The highest BCUT2D eigenvalue weighted by Crippen LogP contribution is 2.34. The van der Waals surface area contributed by atoms with Crippen LogP contribution in [0.25, 0.3) is 0 Å². The molecule has 0 unspecified atom stereocenters. The van der Waals surface area contributed by atoms with Crippen molar-refractivity contribution in [3.63, 3.8) is 0 Å². The smallest absolute Gasteiger partial charge is 0.127 e. The third-order valence-corrected chi connectivity index (χ3v) is 3.33. The third-order valence-electron chi connectivity index (χ3n) is 3.33. The van der Waals surface area contributed by atoms with Gasteiger partial charge in [-0.1, -0.05) is 31.1 Å². The van der Waals surface area contributed by atoms with Crippen LogP contribution in [0.3, 0.4) is 0 Å². The van der Waals surface area contributed by atoms with Crippen molar-refractivity contribution >= 4 is 0 Å². The normalized spacial score (nSPS) is 18.3. The van der Waals surface area contributed by atoms with E-state index in [1.54, 1.807) is 0 Å². The van der Waals surface area contributed by atoms with Gasteiger partial charge in [0.15, 0.2) is 0 Å². The summed E-state index contributed by atoms with van der Waals surface area (Å²) >= 11 is 0. The number of halogens is 2. The zero-order chi connectivity index (χ0) is 12.3. The van der Waals surface area contributed by atoms with E-state index >= 15 is 0 Å². The van der Waals surface area contributed by atoms with Crippen LogP contribution in [0.2, 0.25) is 0 Å². The summed E-state index contributed by atoms with van der Waals surface area (Å²) in [6, 6.07) is 3.43. The van der Waals surface area contributed by atoms with Crippen LogP contribution in [-0.4, -0.2) is 0 Å². The Morgan fingerprint density at radius 2 is 1.59 bits per heavy atom. The van der Waals surface area contributed by atoms with Gasteiger partial charge < -0.3 is 0 Å². The van der Waals surface area contributed by atoms with E-state index in [0.717, 1.165) is 18.9 Å². The first kappa shape index (κ1) is 12.1. The van der Waals surface area contributed by atoms with Crippen LogP contribution >= 0.6 is 0 Å². The molecule has 17 heavy (non-hydrogen) atoms. The van der Waals surface area contributed by atoms with E-state index in [0.29, 0.717) is 5.56 Å². The van der Waals surface area contributed by atoms with Crippen LogP contribution in [0.15, 0.2) is 18.2 Å². The summed E-state index contributed by atoms with van der Waals surface area (Å²) in [6.07, 6.45) is 5.83. The minimum atomic E-state index is -0.567. The standard InChI is InChI=1S/C15H16F2/c1-15(6-3-2-4-7-15)8-5-12-9-13(16)11-14(17)10-12/h9-11H,2-4,6-7H2,1H3. The molecular weight excluding hydrogens is 218 g/mol. The molecule has 0 nitrogen and oxygen atoms in total. The van der Waals surface area contributed by atoms with Crippen LogP contribution < -0.4 is 0 Å². The van der Waals surface area contributed by atoms with Crippen molar-refractivity contribution in [3.05, 3.63) is 35.4 Å². The van der Waals surface area contributed by atoms with Gasteiger partial charge in [0.2, 0.25) is 0 Å². The Balaban J connectivity index is 2.19. The molecular formula is C15H16F2. The van der Waals surface area contributed by atoms with Crippen molar-refractivity contribution in [1.82, 2.24) is 0 Å². The maximum atomic E-state index is 13.0. The molecule has 0 saturated heterocycles. The molecule has 0 aliphatic heterocycles. The molecule has 0 radical (unpaired) electrons. The lowest BCUT2D eigenvalue weighted by molar-refractivity contribution is 0.299. The minimum absolute atomic E-state index is 0.0149. The fraction of sp³-hybridized carbons (Fsp3) is 0.467. The van der Waals surface area contributed by atoms with E-state index in [-0.39, 0.29) is 5.41 Å². The summed E-state index contributed by atoms with van der Waals surface area (Å²) in [4.78, 5) is 0. The summed E-state index contributed by atoms with van der Waals surface area (Å²) in [7, 11) is 0. The highest BCUT2D eigenvalue weighted by molar-refractivity contribution is 5.36. The predicted molar refractivity (Wildman–Crippen MR) is 64.4 cm³/mol. The molecule has 1 aromatic rings. The second kappa shape index (κ2) is 4.87. The van der Waals surface area contributed by atoms with Crippen molar-refractivity contribution < 1.29 is 8.78 Å². The Bertz CT molecular complexity index is 439. The van der Waals surface area contributed by atoms with E-state index in [4.69, 9.17) is 0 Å². The van der Waals surface area contributed by atoms with Gasteiger partial charge in [-0.2, -0.15) is 0 Å². The van der Waals surface area contributed by atoms with Crippen molar-refractivity contribution in [2.75, 3.05) is 0 Å². The molecule has 0 atom stereocenters. The molecule has 0 N–H and O–H groups in total.